The molecule has 2 heteroatoms. The molecular formula is C17H34O2. The van der Waals surface area contributed by atoms with E-state index < -0.39 is 5.79 Å². The first kappa shape index (κ1) is 17.0. The van der Waals surface area contributed by atoms with Gasteiger partial charge in [0, 0.05) is 25.0 Å². The van der Waals surface area contributed by atoms with Crippen molar-refractivity contribution < 1.29 is 9.47 Å². The van der Waals surface area contributed by atoms with Crippen molar-refractivity contribution in [3.05, 3.63) is 0 Å². The topological polar surface area (TPSA) is 18.5 Å². The average molecular weight is 270 g/mol. The van der Waals surface area contributed by atoms with Crippen molar-refractivity contribution in [2.24, 2.45) is 27.6 Å². The summed E-state index contributed by atoms with van der Waals surface area (Å²) in [6, 6.07) is 0. The molecule has 0 spiro atoms. The van der Waals surface area contributed by atoms with E-state index in [1.165, 1.54) is 0 Å². The standard InChI is InChI=1S/C17H34O2/c1-12-13(2,3)15(6,7)16(8,9)17(18-10,19-11)14(12,4)5/h12H,1-11H3. The molecule has 19 heavy (non-hydrogen) atoms. The molecule has 0 heterocycles. The van der Waals surface area contributed by atoms with Crippen molar-refractivity contribution in [3.63, 3.8) is 0 Å². The average Bonchev–Trinajstić information content (AvgIpc) is 2.27. The Morgan fingerprint density at radius 3 is 1.32 bits per heavy atom. The van der Waals surface area contributed by atoms with Crippen LogP contribution in [0.2, 0.25) is 0 Å². The summed E-state index contributed by atoms with van der Waals surface area (Å²) < 4.78 is 12.1. The molecule has 0 radical (unpaired) electrons. The highest BCUT2D eigenvalue weighted by molar-refractivity contribution is 5.16. The molecule has 0 aromatic heterocycles. The predicted molar refractivity (Wildman–Crippen MR) is 81.0 cm³/mol. The van der Waals surface area contributed by atoms with E-state index in [-0.39, 0.29) is 21.7 Å². The highest BCUT2D eigenvalue weighted by atomic mass is 16.7. The lowest BCUT2D eigenvalue weighted by Gasteiger charge is -2.71. The summed E-state index contributed by atoms with van der Waals surface area (Å²) in [5.74, 6) is -0.110. The normalized spacial score (nSPS) is 33.9. The van der Waals surface area contributed by atoms with Crippen LogP contribution in [0.5, 0.6) is 0 Å². The van der Waals surface area contributed by atoms with Crippen LogP contribution < -0.4 is 0 Å². The number of ether oxygens (including phenoxy) is 2. The molecule has 2 nitrogen and oxygen atoms in total. The van der Waals surface area contributed by atoms with Gasteiger partial charge in [-0.15, -0.1) is 0 Å². The maximum Gasteiger partial charge on any atom is 0.178 e. The number of hydrogen-bond donors (Lipinski definition) is 0. The Hall–Kier alpha value is -0.0800. The first-order chi connectivity index (χ1) is 8.28. The molecule has 0 N–H and O–H groups in total. The van der Waals surface area contributed by atoms with Crippen molar-refractivity contribution in [3.8, 4) is 0 Å². The van der Waals surface area contributed by atoms with Gasteiger partial charge in [-0.05, 0) is 16.7 Å². The van der Waals surface area contributed by atoms with Crippen molar-refractivity contribution in [2.45, 2.75) is 68.1 Å². The Balaban J connectivity index is 3.67. The Labute approximate surface area is 120 Å². The minimum absolute atomic E-state index is 0.0704. The fourth-order valence-corrected chi connectivity index (χ4v) is 4.87. The molecule has 1 atom stereocenters. The summed E-state index contributed by atoms with van der Waals surface area (Å²) in [6.07, 6.45) is 0. The van der Waals surface area contributed by atoms with E-state index >= 15 is 0 Å². The van der Waals surface area contributed by atoms with Gasteiger partial charge in [-0.1, -0.05) is 62.3 Å². The summed E-state index contributed by atoms with van der Waals surface area (Å²) in [7, 11) is 3.57. The van der Waals surface area contributed by atoms with E-state index in [1.807, 2.05) is 0 Å². The van der Waals surface area contributed by atoms with Gasteiger partial charge in [0.15, 0.2) is 5.79 Å². The number of methoxy groups -OCH3 is 2. The largest absolute Gasteiger partial charge is 0.352 e. The lowest BCUT2D eigenvalue weighted by molar-refractivity contribution is -0.398. The van der Waals surface area contributed by atoms with Crippen LogP contribution in [0.15, 0.2) is 0 Å². The Bertz CT molecular complexity index is 346. The third-order valence-electron chi connectivity index (χ3n) is 7.58. The van der Waals surface area contributed by atoms with Gasteiger partial charge in [0.25, 0.3) is 0 Å². The minimum Gasteiger partial charge on any atom is -0.352 e. The van der Waals surface area contributed by atoms with Gasteiger partial charge >= 0.3 is 0 Å². The fourth-order valence-electron chi connectivity index (χ4n) is 4.87. The van der Waals surface area contributed by atoms with Crippen LogP contribution in [-0.4, -0.2) is 20.0 Å². The molecule has 0 aromatic carbocycles. The van der Waals surface area contributed by atoms with Crippen molar-refractivity contribution in [1.82, 2.24) is 0 Å². The molecule has 1 aliphatic rings. The summed E-state index contributed by atoms with van der Waals surface area (Å²) >= 11 is 0. The molecule has 1 aliphatic carbocycles. The summed E-state index contributed by atoms with van der Waals surface area (Å²) in [4.78, 5) is 0. The second-order valence-corrected chi connectivity index (χ2v) is 8.44. The Morgan fingerprint density at radius 2 is 1.00 bits per heavy atom. The zero-order chi connectivity index (χ0) is 15.5. The maximum atomic E-state index is 6.04. The van der Waals surface area contributed by atoms with Gasteiger partial charge in [-0.2, -0.15) is 0 Å². The quantitative estimate of drug-likeness (QED) is 0.675. The summed E-state index contributed by atoms with van der Waals surface area (Å²) in [6.45, 7) is 20.9. The molecule has 0 aromatic rings. The lowest BCUT2D eigenvalue weighted by Crippen LogP contribution is -2.73. The smallest absolute Gasteiger partial charge is 0.178 e. The summed E-state index contributed by atoms with van der Waals surface area (Å²) in [5.41, 5.74) is 0.101. The molecule has 1 saturated carbocycles. The SMILES string of the molecule is COC1(OC)C(C)(C)C(C)C(C)(C)C(C)(C)C1(C)C. The highest BCUT2D eigenvalue weighted by Gasteiger charge is 2.72. The molecular weight excluding hydrogens is 236 g/mol. The van der Waals surface area contributed by atoms with E-state index in [2.05, 4.69) is 62.3 Å². The van der Waals surface area contributed by atoms with E-state index in [4.69, 9.17) is 9.47 Å². The van der Waals surface area contributed by atoms with Gasteiger partial charge in [0.1, 0.15) is 0 Å². The van der Waals surface area contributed by atoms with E-state index in [0.29, 0.717) is 5.92 Å². The third-order valence-corrected chi connectivity index (χ3v) is 7.58. The zero-order valence-electron chi connectivity index (χ0n) is 14.9. The molecule has 1 fully saturated rings. The van der Waals surface area contributed by atoms with Crippen LogP contribution >= 0.6 is 0 Å². The molecule has 0 bridgehead atoms. The van der Waals surface area contributed by atoms with Gasteiger partial charge in [-0.3, -0.25) is 0 Å². The van der Waals surface area contributed by atoms with Crippen LogP contribution in [0, 0.1) is 27.6 Å². The number of rotatable bonds is 2. The van der Waals surface area contributed by atoms with E-state index in [9.17, 15) is 0 Å². The van der Waals surface area contributed by atoms with Crippen LogP contribution in [0.4, 0.5) is 0 Å². The van der Waals surface area contributed by atoms with Gasteiger partial charge in [0.05, 0.1) is 0 Å². The molecule has 114 valence electrons. The van der Waals surface area contributed by atoms with Gasteiger partial charge < -0.3 is 9.47 Å². The third kappa shape index (κ3) is 1.56. The molecule has 0 amide bonds. The highest BCUT2D eigenvalue weighted by Crippen LogP contribution is 2.71. The van der Waals surface area contributed by atoms with Crippen LogP contribution in [0.1, 0.15) is 62.3 Å². The second kappa shape index (κ2) is 4.21. The van der Waals surface area contributed by atoms with Crippen LogP contribution in [0.25, 0.3) is 0 Å². The predicted octanol–water partition coefficient (Wildman–Crippen LogP) is 4.73. The van der Waals surface area contributed by atoms with Crippen LogP contribution in [0.3, 0.4) is 0 Å². The first-order valence-corrected chi connectivity index (χ1v) is 7.38. The van der Waals surface area contributed by atoms with Crippen molar-refractivity contribution >= 4 is 0 Å². The minimum atomic E-state index is -0.585. The monoisotopic (exact) mass is 270 g/mol. The maximum absolute atomic E-state index is 6.04. The van der Waals surface area contributed by atoms with Crippen molar-refractivity contribution in [2.75, 3.05) is 14.2 Å². The van der Waals surface area contributed by atoms with Crippen molar-refractivity contribution in [1.29, 1.82) is 0 Å². The Morgan fingerprint density at radius 1 is 0.632 bits per heavy atom. The van der Waals surface area contributed by atoms with Crippen LogP contribution in [-0.2, 0) is 9.47 Å². The van der Waals surface area contributed by atoms with E-state index in [0.717, 1.165) is 0 Å². The molecule has 0 aliphatic heterocycles. The fraction of sp³-hybridized carbons (Fsp3) is 1.00. The summed E-state index contributed by atoms with van der Waals surface area (Å²) in [5, 5.41) is 0. The zero-order valence-corrected chi connectivity index (χ0v) is 14.9. The second-order valence-electron chi connectivity index (χ2n) is 8.44. The molecule has 0 saturated heterocycles. The van der Waals surface area contributed by atoms with E-state index in [1.54, 1.807) is 14.2 Å². The van der Waals surface area contributed by atoms with Gasteiger partial charge in [-0.25, -0.2) is 0 Å². The Kier molecular flexibility index (Phi) is 3.76. The molecule has 1 rings (SSSR count). The van der Waals surface area contributed by atoms with Gasteiger partial charge in [0.2, 0.25) is 0 Å². The lowest BCUT2D eigenvalue weighted by atomic mass is 9.37. The molecule has 1 unspecified atom stereocenters. The number of hydrogen-bond acceptors (Lipinski definition) is 2. The first-order valence-electron chi connectivity index (χ1n) is 7.38.